The summed E-state index contributed by atoms with van der Waals surface area (Å²) in [7, 11) is 3.49. The third-order valence-electron chi connectivity index (χ3n) is 1.82. The molecule has 1 aromatic rings. The predicted molar refractivity (Wildman–Crippen MR) is 68.0 cm³/mol. The Bertz CT molecular complexity index is 368. The molecule has 15 heavy (non-hydrogen) atoms. The molecule has 3 nitrogen and oxygen atoms in total. The Hall–Kier alpha value is -0.680. The SMILES string of the molecule is CN(C)C(=O)CSc1ccc(Br)cc1N. The monoisotopic (exact) mass is 288 g/mol. The number of halogens is 1. The second kappa shape index (κ2) is 5.42. The molecular formula is C10H13BrN2OS. The number of hydrogen-bond acceptors (Lipinski definition) is 3. The van der Waals surface area contributed by atoms with Crippen molar-refractivity contribution < 1.29 is 4.79 Å². The second-order valence-corrected chi connectivity index (χ2v) is 5.19. The predicted octanol–water partition coefficient (Wildman–Crippen LogP) is 2.21. The molecule has 0 unspecified atom stereocenters. The molecule has 0 aromatic heterocycles. The maximum Gasteiger partial charge on any atom is 0.232 e. The van der Waals surface area contributed by atoms with Crippen LogP contribution in [0.15, 0.2) is 27.6 Å². The van der Waals surface area contributed by atoms with Crippen LogP contribution in [0.3, 0.4) is 0 Å². The number of hydrogen-bond donors (Lipinski definition) is 1. The highest BCUT2D eigenvalue weighted by molar-refractivity contribution is 9.10. The lowest BCUT2D eigenvalue weighted by molar-refractivity contribution is -0.125. The minimum absolute atomic E-state index is 0.0855. The van der Waals surface area contributed by atoms with Crippen LogP contribution in [0.25, 0.3) is 0 Å². The molecule has 0 atom stereocenters. The van der Waals surface area contributed by atoms with Gasteiger partial charge in [-0.3, -0.25) is 4.79 Å². The molecule has 0 heterocycles. The zero-order chi connectivity index (χ0) is 11.4. The number of carbonyl (C=O) groups is 1. The molecule has 0 bridgehead atoms. The van der Waals surface area contributed by atoms with Gasteiger partial charge in [0.2, 0.25) is 5.91 Å². The van der Waals surface area contributed by atoms with Gasteiger partial charge in [-0.1, -0.05) is 15.9 Å². The van der Waals surface area contributed by atoms with Gasteiger partial charge in [-0.2, -0.15) is 0 Å². The first kappa shape index (κ1) is 12.4. The highest BCUT2D eigenvalue weighted by Gasteiger charge is 2.06. The Morgan fingerprint density at radius 1 is 1.53 bits per heavy atom. The lowest BCUT2D eigenvalue weighted by Gasteiger charge is -2.10. The van der Waals surface area contributed by atoms with Gasteiger partial charge in [0.15, 0.2) is 0 Å². The van der Waals surface area contributed by atoms with E-state index in [9.17, 15) is 4.79 Å². The zero-order valence-corrected chi connectivity index (χ0v) is 11.1. The van der Waals surface area contributed by atoms with E-state index in [0.717, 1.165) is 9.37 Å². The number of carbonyl (C=O) groups excluding carboxylic acids is 1. The van der Waals surface area contributed by atoms with Crippen LogP contribution in [0.2, 0.25) is 0 Å². The molecule has 0 radical (unpaired) electrons. The topological polar surface area (TPSA) is 46.3 Å². The number of amides is 1. The summed E-state index contributed by atoms with van der Waals surface area (Å²) in [6.07, 6.45) is 0. The molecular weight excluding hydrogens is 276 g/mol. The van der Waals surface area contributed by atoms with Crippen LogP contribution in [-0.4, -0.2) is 30.7 Å². The van der Waals surface area contributed by atoms with Gasteiger partial charge in [0.1, 0.15) is 0 Å². The number of nitrogens with two attached hydrogens (primary N) is 1. The average Bonchev–Trinajstić information content (AvgIpc) is 2.15. The van der Waals surface area contributed by atoms with Crippen LogP contribution in [0, 0.1) is 0 Å². The highest BCUT2D eigenvalue weighted by Crippen LogP contribution is 2.27. The summed E-state index contributed by atoms with van der Waals surface area (Å²) in [6, 6.07) is 5.66. The van der Waals surface area contributed by atoms with Gasteiger partial charge in [-0.15, -0.1) is 11.8 Å². The van der Waals surface area contributed by atoms with Crippen LogP contribution in [-0.2, 0) is 4.79 Å². The lowest BCUT2D eigenvalue weighted by Crippen LogP contribution is -2.23. The Balaban J connectivity index is 2.62. The molecule has 1 rings (SSSR count). The number of nitrogen functional groups attached to an aromatic ring is 1. The molecule has 1 amide bonds. The molecule has 0 saturated heterocycles. The van der Waals surface area contributed by atoms with Crippen molar-refractivity contribution in [1.82, 2.24) is 4.90 Å². The maximum atomic E-state index is 11.3. The normalized spacial score (nSPS) is 10.1. The summed E-state index contributed by atoms with van der Waals surface area (Å²) in [5, 5.41) is 0. The van der Waals surface area contributed by atoms with Crippen molar-refractivity contribution in [1.29, 1.82) is 0 Å². The van der Waals surface area contributed by atoms with E-state index in [1.54, 1.807) is 19.0 Å². The Labute approximate surface area is 102 Å². The molecule has 0 spiro atoms. The number of thioether (sulfide) groups is 1. The number of benzene rings is 1. The average molecular weight is 289 g/mol. The van der Waals surface area contributed by atoms with E-state index in [2.05, 4.69) is 15.9 Å². The quantitative estimate of drug-likeness (QED) is 0.685. The molecule has 0 fully saturated rings. The summed E-state index contributed by atoms with van der Waals surface area (Å²) in [4.78, 5) is 13.9. The summed E-state index contributed by atoms with van der Waals surface area (Å²) >= 11 is 4.79. The van der Waals surface area contributed by atoms with Gasteiger partial charge in [-0.25, -0.2) is 0 Å². The molecule has 82 valence electrons. The fourth-order valence-electron chi connectivity index (χ4n) is 0.919. The van der Waals surface area contributed by atoms with E-state index >= 15 is 0 Å². The van der Waals surface area contributed by atoms with E-state index in [1.807, 2.05) is 18.2 Å². The summed E-state index contributed by atoms with van der Waals surface area (Å²) in [6.45, 7) is 0. The largest absolute Gasteiger partial charge is 0.398 e. The molecule has 1 aromatic carbocycles. The number of rotatable bonds is 3. The van der Waals surface area contributed by atoms with Crippen LogP contribution in [0.5, 0.6) is 0 Å². The van der Waals surface area contributed by atoms with E-state index < -0.39 is 0 Å². The standard InChI is InChI=1S/C10H13BrN2OS/c1-13(2)10(14)6-15-9-4-3-7(11)5-8(9)12/h3-5H,6,12H2,1-2H3. The van der Waals surface area contributed by atoms with Crippen LogP contribution < -0.4 is 5.73 Å². The Morgan fingerprint density at radius 2 is 2.20 bits per heavy atom. The van der Waals surface area contributed by atoms with E-state index in [-0.39, 0.29) is 5.91 Å². The van der Waals surface area contributed by atoms with Crippen molar-refractivity contribution >= 4 is 39.3 Å². The van der Waals surface area contributed by atoms with E-state index in [4.69, 9.17) is 5.73 Å². The molecule has 0 aliphatic rings. The van der Waals surface area contributed by atoms with Crippen molar-refractivity contribution in [2.45, 2.75) is 4.90 Å². The number of nitrogens with zero attached hydrogens (tertiary/aromatic N) is 1. The first-order chi connectivity index (χ1) is 7.00. The van der Waals surface area contributed by atoms with Crippen molar-refractivity contribution in [2.24, 2.45) is 0 Å². The fraction of sp³-hybridized carbons (Fsp3) is 0.300. The highest BCUT2D eigenvalue weighted by atomic mass is 79.9. The van der Waals surface area contributed by atoms with Crippen molar-refractivity contribution in [3.05, 3.63) is 22.7 Å². The Kier molecular flexibility index (Phi) is 4.47. The van der Waals surface area contributed by atoms with Gasteiger partial charge in [0.05, 0.1) is 5.75 Å². The van der Waals surface area contributed by atoms with Crippen LogP contribution >= 0.6 is 27.7 Å². The minimum atomic E-state index is 0.0855. The van der Waals surface area contributed by atoms with Gasteiger partial charge >= 0.3 is 0 Å². The first-order valence-corrected chi connectivity index (χ1v) is 6.16. The number of anilines is 1. The second-order valence-electron chi connectivity index (χ2n) is 3.26. The Morgan fingerprint density at radius 3 is 2.73 bits per heavy atom. The van der Waals surface area contributed by atoms with Gasteiger partial charge in [0, 0.05) is 29.2 Å². The summed E-state index contributed by atoms with van der Waals surface area (Å²) < 4.78 is 0.947. The zero-order valence-electron chi connectivity index (χ0n) is 8.66. The lowest BCUT2D eigenvalue weighted by atomic mass is 10.3. The van der Waals surface area contributed by atoms with Crippen LogP contribution in [0.1, 0.15) is 0 Å². The van der Waals surface area contributed by atoms with E-state index in [0.29, 0.717) is 11.4 Å². The first-order valence-electron chi connectivity index (χ1n) is 4.38. The maximum absolute atomic E-state index is 11.3. The van der Waals surface area contributed by atoms with Crippen molar-refractivity contribution in [2.75, 3.05) is 25.6 Å². The van der Waals surface area contributed by atoms with Crippen molar-refractivity contribution in [3.63, 3.8) is 0 Å². The van der Waals surface area contributed by atoms with Gasteiger partial charge in [0.25, 0.3) is 0 Å². The molecule has 5 heteroatoms. The smallest absolute Gasteiger partial charge is 0.232 e. The van der Waals surface area contributed by atoms with Crippen LogP contribution in [0.4, 0.5) is 5.69 Å². The minimum Gasteiger partial charge on any atom is -0.398 e. The molecule has 2 N–H and O–H groups in total. The van der Waals surface area contributed by atoms with E-state index in [1.165, 1.54) is 11.8 Å². The molecule has 0 saturated carbocycles. The van der Waals surface area contributed by atoms with Crippen molar-refractivity contribution in [3.8, 4) is 0 Å². The fourth-order valence-corrected chi connectivity index (χ4v) is 2.23. The molecule has 0 aliphatic carbocycles. The summed E-state index contributed by atoms with van der Waals surface area (Å²) in [5.74, 6) is 0.501. The third-order valence-corrected chi connectivity index (χ3v) is 3.39. The molecule has 0 aliphatic heterocycles. The summed E-state index contributed by atoms with van der Waals surface area (Å²) in [5.41, 5.74) is 6.50. The third kappa shape index (κ3) is 3.76. The van der Waals surface area contributed by atoms with Gasteiger partial charge < -0.3 is 10.6 Å². The van der Waals surface area contributed by atoms with Gasteiger partial charge in [-0.05, 0) is 18.2 Å².